The van der Waals surface area contributed by atoms with Gasteiger partial charge in [0.1, 0.15) is 5.75 Å². The number of ether oxygens (including phenoxy) is 1. The molecule has 0 aliphatic rings. The number of hydrogen-bond acceptors (Lipinski definition) is 2. The van der Waals surface area contributed by atoms with Gasteiger partial charge < -0.3 is 10.1 Å². The lowest BCUT2D eigenvalue weighted by Gasteiger charge is -2.08. The maximum atomic E-state index is 12.1. The van der Waals surface area contributed by atoms with Crippen LogP contribution < -0.4 is 10.1 Å². The lowest BCUT2D eigenvalue weighted by atomic mass is 10.1. The van der Waals surface area contributed by atoms with Gasteiger partial charge in [0, 0.05) is 12.1 Å². The van der Waals surface area contributed by atoms with E-state index in [0.29, 0.717) is 19.4 Å². The minimum absolute atomic E-state index is 0.00460. The van der Waals surface area contributed by atoms with Gasteiger partial charge in [0.25, 0.3) is 0 Å². The molecule has 0 aliphatic heterocycles. The van der Waals surface area contributed by atoms with Crippen LogP contribution in [0.2, 0.25) is 0 Å². The van der Waals surface area contributed by atoms with Crippen LogP contribution in [0.5, 0.6) is 5.75 Å². The minimum Gasteiger partial charge on any atom is -0.494 e. The first-order valence-electron chi connectivity index (χ1n) is 8.85. The van der Waals surface area contributed by atoms with E-state index >= 15 is 0 Å². The van der Waals surface area contributed by atoms with Crippen molar-refractivity contribution in [1.29, 1.82) is 0 Å². The molecule has 0 atom stereocenters. The second-order valence-electron chi connectivity index (χ2n) is 6.26. The molecule has 26 heavy (non-hydrogen) atoms. The smallest absolute Gasteiger partial charge is 0.224 e. The quantitative estimate of drug-likeness (QED) is 0.577. The van der Waals surface area contributed by atoms with Crippen LogP contribution in [0.1, 0.15) is 18.4 Å². The number of aryl methyl sites for hydroxylation is 1. The topological polar surface area (TPSA) is 38.3 Å². The molecule has 0 saturated carbocycles. The van der Waals surface area contributed by atoms with Gasteiger partial charge in [0.15, 0.2) is 0 Å². The summed E-state index contributed by atoms with van der Waals surface area (Å²) in [4.78, 5) is 12.1. The van der Waals surface area contributed by atoms with Crippen molar-refractivity contribution >= 4 is 11.6 Å². The summed E-state index contributed by atoms with van der Waals surface area (Å²) in [6.45, 7) is 2.57. The molecule has 132 valence electrons. The summed E-state index contributed by atoms with van der Waals surface area (Å²) in [5.74, 6) is 0.845. The molecule has 3 aromatic rings. The van der Waals surface area contributed by atoms with Crippen molar-refractivity contribution in [3.05, 3.63) is 84.4 Å². The van der Waals surface area contributed by atoms with E-state index in [9.17, 15) is 4.79 Å². The average molecular weight is 345 g/mol. The Balaban J connectivity index is 1.42. The molecule has 0 saturated heterocycles. The second kappa shape index (κ2) is 8.86. The predicted octanol–water partition coefficient (Wildman–Crippen LogP) is 5.46. The van der Waals surface area contributed by atoms with Crippen molar-refractivity contribution in [2.45, 2.75) is 19.8 Å². The highest BCUT2D eigenvalue weighted by atomic mass is 16.5. The fourth-order valence-corrected chi connectivity index (χ4v) is 2.66. The van der Waals surface area contributed by atoms with Gasteiger partial charge in [-0.1, -0.05) is 60.2 Å². The van der Waals surface area contributed by atoms with E-state index in [1.165, 1.54) is 11.1 Å². The molecular weight excluding hydrogens is 322 g/mol. The fraction of sp³-hybridized carbons (Fsp3) is 0.174. The zero-order valence-electron chi connectivity index (χ0n) is 14.9. The van der Waals surface area contributed by atoms with Gasteiger partial charge in [-0.05, 0) is 48.7 Å². The summed E-state index contributed by atoms with van der Waals surface area (Å²) in [5, 5.41) is 2.93. The number of hydrogen-bond donors (Lipinski definition) is 1. The number of carbonyl (C=O) groups excluding carboxylic acids is 1. The van der Waals surface area contributed by atoms with E-state index in [0.717, 1.165) is 17.0 Å². The first-order valence-corrected chi connectivity index (χ1v) is 8.85. The number of benzene rings is 3. The molecule has 0 radical (unpaired) electrons. The highest BCUT2D eigenvalue weighted by Crippen LogP contribution is 2.21. The number of rotatable bonds is 7. The van der Waals surface area contributed by atoms with Crippen molar-refractivity contribution in [3.8, 4) is 16.9 Å². The maximum absolute atomic E-state index is 12.1. The Morgan fingerprint density at radius 2 is 1.50 bits per heavy atom. The molecule has 3 heteroatoms. The zero-order valence-corrected chi connectivity index (χ0v) is 14.9. The summed E-state index contributed by atoms with van der Waals surface area (Å²) in [7, 11) is 0. The van der Waals surface area contributed by atoms with Crippen molar-refractivity contribution < 1.29 is 9.53 Å². The third-order valence-corrected chi connectivity index (χ3v) is 4.11. The molecule has 0 spiro atoms. The van der Waals surface area contributed by atoms with Crippen LogP contribution in [0.3, 0.4) is 0 Å². The molecule has 3 aromatic carbocycles. The van der Waals surface area contributed by atoms with Gasteiger partial charge in [0.05, 0.1) is 6.61 Å². The second-order valence-corrected chi connectivity index (χ2v) is 6.26. The molecule has 1 amide bonds. The summed E-state index contributed by atoms with van der Waals surface area (Å²) < 4.78 is 5.65. The Hall–Kier alpha value is -3.07. The number of nitrogens with one attached hydrogen (secondary N) is 1. The van der Waals surface area contributed by atoms with Gasteiger partial charge in [-0.2, -0.15) is 0 Å². The molecule has 0 aromatic heterocycles. The van der Waals surface area contributed by atoms with Crippen LogP contribution >= 0.6 is 0 Å². The molecule has 0 heterocycles. The van der Waals surface area contributed by atoms with Crippen molar-refractivity contribution in [2.24, 2.45) is 0 Å². The van der Waals surface area contributed by atoms with Crippen molar-refractivity contribution in [1.82, 2.24) is 0 Å². The fourth-order valence-electron chi connectivity index (χ4n) is 2.66. The number of amides is 1. The van der Waals surface area contributed by atoms with Crippen molar-refractivity contribution in [2.75, 3.05) is 11.9 Å². The van der Waals surface area contributed by atoms with Gasteiger partial charge in [0.2, 0.25) is 5.91 Å². The van der Waals surface area contributed by atoms with Gasteiger partial charge in [-0.15, -0.1) is 0 Å². The first-order chi connectivity index (χ1) is 12.7. The largest absolute Gasteiger partial charge is 0.494 e. The van der Waals surface area contributed by atoms with Crippen molar-refractivity contribution in [3.63, 3.8) is 0 Å². The summed E-state index contributed by atoms with van der Waals surface area (Å²) >= 11 is 0. The standard InChI is InChI=1S/C23H23NO2/c1-18-9-15-22(16-10-18)26-17-5-8-23(25)24-21-13-11-20(12-14-21)19-6-3-2-4-7-19/h2-4,6-7,9-16H,5,8,17H2,1H3,(H,24,25). The van der Waals surface area contributed by atoms with Crippen LogP contribution in [-0.2, 0) is 4.79 Å². The molecule has 0 aliphatic carbocycles. The van der Waals surface area contributed by atoms with E-state index in [4.69, 9.17) is 4.74 Å². The van der Waals surface area contributed by atoms with Crippen LogP contribution in [0.4, 0.5) is 5.69 Å². The normalized spacial score (nSPS) is 10.3. The zero-order chi connectivity index (χ0) is 18.2. The molecule has 1 N–H and O–H groups in total. The highest BCUT2D eigenvalue weighted by Gasteiger charge is 2.04. The lowest BCUT2D eigenvalue weighted by Crippen LogP contribution is -2.12. The third-order valence-electron chi connectivity index (χ3n) is 4.11. The van der Waals surface area contributed by atoms with Gasteiger partial charge in [-0.3, -0.25) is 4.79 Å². The summed E-state index contributed by atoms with van der Waals surface area (Å²) in [5.41, 5.74) is 4.32. The van der Waals surface area contributed by atoms with E-state index in [2.05, 4.69) is 17.4 Å². The third kappa shape index (κ3) is 5.21. The van der Waals surface area contributed by atoms with Gasteiger partial charge in [-0.25, -0.2) is 0 Å². The van der Waals surface area contributed by atoms with E-state index < -0.39 is 0 Å². The Morgan fingerprint density at radius 3 is 2.19 bits per heavy atom. The summed E-state index contributed by atoms with van der Waals surface area (Å²) in [6, 6.07) is 26.0. The minimum atomic E-state index is 0.00460. The van der Waals surface area contributed by atoms with Crippen LogP contribution in [-0.4, -0.2) is 12.5 Å². The number of anilines is 1. The average Bonchev–Trinajstić information content (AvgIpc) is 2.68. The molecule has 0 bridgehead atoms. The molecule has 3 nitrogen and oxygen atoms in total. The van der Waals surface area contributed by atoms with E-state index in [1.54, 1.807) is 0 Å². The Morgan fingerprint density at radius 1 is 0.846 bits per heavy atom. The lowest BCUT2D eigenvalue weighted by molar-refractivity contribution is -0.116. The number of carbonyl (C=O) groups is 1. The van der Waals surface area contributed by atoms with Crippen LogP contribution in [0.25, 0.3) is 11.1 Å². The van der Waals surface area contributed by atoms with E-state index in [-0.39, 0.29) is 5.91 Å². The first kappa shape index (κ1) is 17.7. The predicted molar refractivity (Wildman–Crippen MR) is 106 cm³/mol. The summed E-state index contributed by atoms with van der Waals surface area (Å²) in [6.07, 6.45) is 1.12. The Labute approximate surface area is 154 Å². The Bertz CT molecular complexity index is 824. The molecular formula is C23H23NO2. The molecule has 0 fully saturated rings. The van der Waals surface area contributed by atoms with Crippen LogP contribution in [0, 0.1) is 6.92 Å². The maximum Gasteiger partial charge on any atom is 0.224 e. The molecule has 3 rings (SSSR count). The molecule has 0 unspecified atom stereocenters. The Kier molecular flexibility index (Phi) is 6.05. The SMILES string of the molecule is Cc1ccc(OCCCC(=O)Nc2ccc(-c3ccccc3)cc2)cc1. The van der Waals surface area contributed by atoms with Crippen LogP contribution in [0.15, 0.2) is 78.9 Å². The van der Waals surface area contributed by atoms with E-state index in [1.807, 2.05) is 73.7 Å². The highest BCUT2D eigenvalue weighted by molar-refractivity contribution is 5.90. The van der Waals surface area contributed by atoms with Gasteiger partial charge >= 0.3 is 0 Å². The monoisotopic (exact) mass is 345 g/mol.